The van der Waals surface area contributed by atoms with Crippen LogP contribution in [0.2, 0.25) is 0 Å². The molecular weight excluding hydrogens is 600 g/mol. The number of nitrogens with one attached hydrogen (secondary N) is 2. The summed E-state index contributed by atoms with van der Waals surface area (Å²) in [5, 5.41) is 15.3. The number of carbonyl (C=O) groups is 3. The summed E-state index contributed by atoms with van der Waals surface area (Å²) in [5.41, 5.74) is 4.74. The van der Waals surface area contributed by atoms with Crippen molar-refractivity contribution in [1.82, 2.24) is 20.6 Å². The third kappa shape index (κ3) is 8.83. The van der Waals surface area contributed by atoms with Crippen LogP contribution in [0, 0.1) is 5.92 Å². The molecule has 5 rings (SSSR count). The number of nitrogens with zero attached hydrogens (tertiary/aromatic N) is 4. The highest BCUT2D eigenvalue weighted by Gasteiger charge is 2.42. The molecule has 250 valence electrons. The molecule has 0 unspecified atom stereocenters. The Morgan fingerprint density at radius 3 is 2.26 bits per heavy atom. The number of alkyl carbamates (subject to hydrolysis) is 1. The second kappa shape index (κ2) is 14.9. The molecule has 1 aromatic heterocycles. The first-order valence-corrected chi connectivity index (χ1v) is 16.1. The molecular formula is C35H44N6O6. The number of hydrogen-bond acceptors (Lipinski definition) is 9. The zero-order valence-corrected chi connectivity index (χ0v) is 27.5. The van der Waals surface area contributed by atoms with Gasteiger partial charge in [-0.1, -0.05) is 30.3 Å². The Labute approximate surface area is 275 Å². The average Bonchev–Trinajstić information content (AvgIpc) is 3.89. The van der Waals surface area contributed by atoms with Gasteiger partial charge in [0, 0.05) is 51.1 Å². The van der Waals surface area contributed by atoms with E-state index in [1.807, 2.05) is 47.4 Å². The summed E-state index contributed by atoms with van der Waals surface area (Å²) >= 11 is 0. The van der Waals surface area contributed by atoms with E-state index in [1.165, 1.54) is 0 Å². The number of aliphatic hydroxyl groups excluding tert-OH is 1. The van der Waals surface area contributed by atoms with Gasteiger partial charge in [0.25, 0.3) is 5.91 Å². The van der Waals surface area contributed by atoms with Crippen LogP contribution in [0.15, 0.2) is 54.9 Å². The molecule has 1 aliphatic heterocycles. The summed E-state index contributed by atoms with van der Waals surface area (Å²) < 4.78 is 10.6. The third-order valence-corrected chi connectivity index (χ3v) is 8.10. The van der Waals surface area contributed by atoms with Crippen LogP contribution in [0.4, 0.5) is 16.2 Å². The first kappa shape index (κ1) is 33.8. The fourth-order valence-corrected chi connectivity index (χ4v) is 5.76. The lowest BCUT2D eigenvalue weighted by atomic mass is 9.98. The zero-order valence-electron chi connectivity index (χ0n) is 27.5. The average molecular weight is 645 g/mol. The maximum absolute atomic E-state index is 12.9. The highest BCUT2D eigenvalue weighted by molar-refractivity contribution is 5.98. The van der Waals surface area contributed by atoms with Crippen molar-refractivity contribution in [2.75, 3.05) is 42.6 Å². The molecule has 1 aliphatic carbocycles. The van der Waals surface area contributed by atoms with E-state index >= 15 is 0 Å². The van der Waals surface area contributed by atoms with Crippen molar-refractivity contribution >= 4 is 29.3 Å². The standard InChI is InChI=1S/C35H44N6O6/c1-23(43)41-29-12-11-25(17-30(29)40(21-31(41)24-9-10-24)20-26-7-5-6-8-27(26)22-42)28-18-38-32(39-19-28)33(44)36-13-15-46-16-14-37-34(45)47-35(2,3)4/h5-8,11-12,17-19,24,31,42H,9-10,13-16,20-22H2,1-4H3,(H,36,44)(H,37,45)/t31-/m1/s1. The van der Waals surface area contributed by atoms with E-state index in [-0.39, 0.29) is 50.7 Å². The van der Waals surface area contributed by atoms with E-state index in [1.54, 1.807) is 40.1 Å². The number of aliphatic hydroxyl groups is 1. The van der Waals surface area contributed by atoms with Gasteiger partial charge < -0.3 is 35.0 Å². The molecule has 0 spiro atoms. The van der Waals surface area contributed by atoms with Gasteiger partial charge in [0.15, 0.2) is 0 Å². The summed E-state index contributed by atoms with van der Waals surface area (Å²) in [6.45, 7) is 9.33. The molecule has 12 heteroatoms. The van der Waals surface area contributed by atoms with Crippen LogP contribution >= 0.6 is 0 Å². The smallest absolute Gasteiger partial charge is 0.407 e. The van der Waals surface area contributed by atoms with Gasteiger partial charge in [-0.25, -0.2) is 14.8 Å². The lowest BCUT2D eigenvalue weighted by molar-refractivity contribution is -0.117. The quantitative estimate of drug-likeness (QED) is 0.249. The van der Waals surface area contributed by atoms with Crippen molar-refractivity contribution in [1.29, 1.82) is 0 Å². The first-order chi connectivity index (χ1) is 22.5. The van der Waals surface area contributed by atoms with Crippen LogP contribution < -0.4 is 20.4 Å². The fourth-order valence-electron chi connectivity index (χ4n) is 5.76. The minimum atomic E-state index is -0.566. The van der Waals surface area contributed by atoms with E-state index < -0.39 is 17.6 Å². The van der Waals surface area contributed by atoms with Crippen molar-refractivity contribution in [2.45, 2.75) is 65.3 Å². The van der Waals surface area contributed by atoms with Gasteiger partial charge in [-0.3, -0.25) is 9.59 Å². The Hall–Kier alpha value is -4.55. The van der Waals surface area contributed by atoms with Gasteiger partial charge >= 0.3 is 6.09 Å². The molecule has 0 saturated heterocycles. The van der Waals surface area contributed by atoms with E-state index in [4.69, 9.17) is 9.47 Å². The number of ether oxygens (including phenoxy) is 2. The van der Waals surface area contributed by atoms with Gasteiger partial charge in [0.2, 0.25) is 11.7 Å². The lowest BCUT2D eigenvalue weighted by Crippen LogP contribution is -2.52. The zero-order chi connectivity index (χ0) is 33.6. The molecule has 2 heterocycles. The number of hydrogen-bond donors (Lipinski definition) is 3. The monoisotopic (exact) mass is 644 g/mol. The van der Waals surface area contributed by atoms with Crippen molar-refractivity contribution in [3.05, 3.63) is 71.8 Å². The van der Waals surface area contributed by atoms with Crippen molar-refractivity contribution in [3.63, 3.8) is 0 Å². The Morgan fingerprint density at radius 1 is 0.936 bits per heavy atom. The molecule has 47 heavy (non-hydrogen) atoms. The molecule has 3 N–H and O–H groups in total. The predicted molar refractivity (Wildman–Crippen MR) is 178 cm³/mol. The van der Waals surface area contributed by atoms with E-state index in [2.05, 4.69) is 25.5 Å². The van der Waals surface area contributed by atoms with Gasteiger partial charge in [-0.15, -0.1) is 0 Å². The Kier molecular flexibility index (Phi) is 10.7. The molecule has 1 saturated carbocycles. The number of amides is 3. The molecule has 2 aliphatic rings. The first-order valence-electron chi connectivity index (χ1n) is 16.1. The number of fused-ring (bicyclic) bond motifs is 1. The van der Waals surface area contributed by atoms with Crippen molar-refractivity contribution < 1.29 is 29.0 Å². The van der Waals surface area contributed by atoms with Gasteiger partial charge in [0.1, 0.15) is 5.60 Å². The van der Waals surface area contributed by atoms with Crippen LogP contribution in [-0.4, -0.2) is 77.5 Å². The Morgan fingerprint density at radius 2 is 1.62 bits per heavy atom. The molecule has 3 amide bonds. The van der Waals surface area contributed by atoms with Gasteiger partial charge in [-0.2, -0.15) is 0 Å². The van der Waals surface area contributed by atoms with Gasteiger partial charge in [-0.05, 0) is 68.4 Å². The summed E-state index contributed by atoms with van der Waals surface area (Å²) in [7, 11) is 0. The summed E-state index contributed by atoms with van der Waals surface area (Å²) in [6.07, 6.45) is 4.95. The maximum Gasteiger partial charge on any atom is 0.407 e. The summed E-state index contributed by atoms with van der Waals surface area (Å²) in [5.74, 6) is 0.111. The molecule has 1 fully saturated rings. The SMILES string of the molecule is CC(=O)N1c2ccc(-c3cnc(C(=O)NCCOCCNC(=O)OC(C)(C)C)nc3)cc2N(Cc2ccccc2CO)C[C@@H]1C1CC1. The highest BCUT2D eigenvalue weighted by atomic mass is 16.6. The molecule has 0 radical (unpaired) electrons. The molecule has 2 aromatic carbocycles. The van der Waals surface area contributed by atoms with E-state index in [0.717, 1.165) is 46.5 Å². The fraction of sp³-hybridized carbons (Fsp3) is 0.457. The second-order valence-electron chi connectivity index (χ2n) is 12.9. The Bertz CT molecular complexity index is 1570. The maximum atomic E-state index is 12.9. The van der Waals surface area contributed by atoms with Crippen LogP contribution in [-0.2, 0) is 27.4 Å². The number of benzene rings is 2. The molecule has 12 nitrogen and oxygen atoms in total. The molecule has 1 atom stereocenters. The largest absolute Gasteiger partial charge is 0.444 e. The van der Waals surface area contributed by atoms with E-state index in [9.17, 15) is 19.5 Å². The topological polar surface area (TPSA) is 146 Å². The van der Waals surface area contributed by atoms with Crippen molar-refractivity contribution in [3.8, 4) is 11.1 Å². The van der Waals surface area contributed by atoms with Crippen LogP contribution in [0.5, 0.6) is 0 Å². The van der Waals surface area contributed by atoms with E-state index in [0.29, 0.717) is 19.0 Å². The molecule has 3 aromatic rings. The minimum absolute atomic E-state index is 0.0212. The van der Waals surface area contributed by atoms with Gasteiger partial charge in [0.05, 0.1) is 37.2 Å². The summed E-state index contributed by atoms with van der Waals surface area (Å²) in [6, 6.07) is 13.9. The van der Waals surface area contributed by atoms with Crippen LogP contribution in [0.3, 0.4) is 0 Å². The lowest BCUT2D eigenvalue weighted by Gasteiger charge is -2.44. The summed E-state index contributed by atoms with van der Waals surface area (Å²) in [4.78, 5) is 50.1. The highest BCUT2D eigenvalue weighted by Crippen LogP contribution is 2.45. The van der Waals surface area contributed by atoms with Crippen molar-refractivity contribution in [2.24, 2.45) is 5.92 Å². The number of aromatic nitrogens is 2. The molecule has 0 bridgehead atoms. The normalized spacial score (nSPS) is 16.0. The predicted octanol–water partition coefficient (Wildman–Crippen LogP) is 4.06. The van der Waals surface area contributed by atoms with Crippen LogP contribution in [0.1, 0.15) is 62.3 Å². The van der Waals surface area contributed by atoms with Crippen LogP contribution in [0.25, 0.3) is 11.1 Å². The minimum Gasteiger partial charge on any atom is -0.444 e. The second-order valence-corrected chi connectivity index (χ2v) is 12.9. The Balaban J connectivity index is 1.23. The number of carbonyl (C=O) groups excluding carboxylic acids is 3. The number of rotatable bonds is 12. The number of anilines is 2. The third-order valence-electron chi connectivity index (χ3n) is 8.10.